The average Bonchev–Trinajstić information content (AvgIpc) is 3.48. The molecule has 162 valence electrons. The molecule has 5 nitrogen and oxygen atoms in total. The molecule has 1 aliphatic rings. The smallest absolute Gasteiger partial charge is 0.264 e. The van der Waals surface area contributed by atoms with Gasteiger partial charge in [-0.1, -0.05) is 18.2 Å². The molecular formula is C23H23FN2O3S2. The van der Waals surface area contributed by atoms with E-state index in [2.05, 4.69) is 0 Å². The summed E-state index contributed by atoms with van der Waals surface area (Å²) >= 11 is 3.03. The third-order valence-electron chi connectivity index (χ3n) is 5.38. The number of hydrogen-bond acceptors (Lipinski definition) is 5. The minimum Gasteiger partial charge on any atom is -0.383 e. The predicted molar refractivity (Wildman–Crippen MR) is 120 cm³/mol. The highest BCUT2D eigenvalue weighted by molar-refractivity contribution is 7.12. The molecule has 0 radical (unpaired) electrons. The molecule has 2 aromatic heterocycles. The second-order valence-electron chi connectivity index (χ2n) is 7.29. The van der Waals surface area contributed by atoms with E-state index in [-0.39, 0.29) is 30.2 Å². The first kappa shape index (κ1) is 21.7. The van der Waals surface area contributed by atoms with Crippen LogP contribution in [0.1, 0.15) is 31.7 Å². The molecule has 8 heteroatoms. The lowest BCUT2D eigenvalue weighted by Crippen LogP contribution is -2.47. The van der Waals surface area contributed by atoms with Gasteiger partial charge in [0.25, 0.3) is 5.91 Å². The summed E-state index contributed by atoms with van der Waals surface area (Å²) in [4.78, 5) is 31.6. The molecule has 1 aliphatic heterocycles. The molecule has 1 unspecified atom stereocenters. The van der Waals surface area contributed by atoms with Crippen molar-refractivity contribution in [3.05, 3.63) is 79.9 Å². The Balaban J connectivity index is 1.60. The largest absolute Gasteiger partial charge is 0.383 e. The van der Waals surface area contributed by atoms with Crippen LogP contribution in [0.25, 0.3) is 0 Å². The number of hydrogen-bond donors (Lipinski definition) is 0. The summed E-state index contributed by atoms with van der Waals surface area (Å²) in [5, 5.41) is 3.87. The number of fused-ring (bicyclic) bond motifs is 1. The van der Waals surface area contributed by atoms with Crippen LogP contribution in [0.4, 0.5) is 4.39 Å². The van der Waals surface area contributed by atoms with E-state index in [1.807, 2.05) is 27.8 Å². The van der Waals surface area contributed by atoms with Crippen molar-refractivity contribution < 1.29 is 18.7 Å². The summed E-state index contributed by atoms with van der Waals surface area (Å²) in [6, 6.07) is 11.6. The zero-order valence-corrected chi connectivity index (χ0v) is 18.8. The third-order valence-corrected chi connectivity index (χ3v) is 7.24. The van der Waals surface area contributed by atoms with Crippen LogP contribution in [0.3, 0.4) is 0 Å². The van der Waals surface area contributed by atoms with Crippen LogP contribution in [0.2, 0.25) is 0 Å². The van der Waals surface area contributed by atoms with Crippen molar-refractivity contribution in [2.75, 3.05) is 33.4 Å². The lowest BCUT2D eigenvalue weighted by Gasteiger charge is -2.37. The van der Waals surface area contributed by atoms with E-state index in [4.69, 9.17) is 4.74 Å². The van der Waals surface area contributed by atoms with Crippen LogP contribution in [0.5, 0.6) is 0 Å². The Morgan fingerprint density at radius 3 is 2.68 bits per heavy atom. The van der Waals surface area contributed by atoms with Crippen molar-refractivity contribution in [1.82, 2.24) is 9.80 Å². The minimum atomic E-state index is -0.310. The number of ether oxygens (including phenoxy) is 1. The highest BCUT2D eigenvalue weighted by Crippen LogP contribution is 2.38. The Bertz CT molecular complexity index is 1030. The van der Waals surface area contributed by atoms with E-state index < -0.39 is 0 Å². The number of carbonyl (C=O) groups is 2. The molecule has 0 aliphatic carbocycles. The van der Waals surface area contributed by atoms with Gasteiger partial charge >= 0.3 is 0 Å². The highest BCUT2D eigenvalue weighted by atomic mass is 32.1. The van der Waals surface area contributed by atoms with Crippen LogP contribution in [0.15, 0.2) is 53.2 Å². The second-order valence-corrected chi connectivity index (χ2v) is 9.24. The van der Waals surface area contributed by atoms with E-state index in [1.165, 1.54) is 28.3 Å². The van der Waals surface area contributed by atoms with E-state index in [1.54, 1.807) is 41.5 Å². The number of amides is 2. The topological polar surface area (TPSA) is 49.9 Å². The normalized spacial score (nSPS) is 15.5. The van der Waals surface area contributed by atoms with Crippen molar-refractivity contribution in [3.63, 3.8) is 0 Å². The van der Waals surface area contributed by atoms with Gasteiger partial charge in [-0.15, -0.1) is 22.7 Å². The van der Waals surface area contributed by atoms with Crippen LogP contribution in [-0.4, -0.2) is 55.0 Å². The van der Waals surface area contributed by atoms with Gasteiger partial charge in [-0.05, 0) is 52.6 Å². The maximum absolute atomic E-state index is 13.5. The fourth-order valence-corrected chi connectivity index (χ4v) is 5.45. The van der Waals surface area contributed by atoms with Crippen LogP contribution in [0, 0.1) is 5.82 Å². The quantitative estimate of drug-likeness (QED) is 0.533. The molecule has 3 heterocycles. The van der Waals surface area contributed by atoms with E-state index >= 15 is 0 Å². The number of carbonyl (C=O) groups excluding carboxylic acids is 2. The van der Waals surface area contributed by atoms with Gasteiger partial charge in [-0.3, -0.25) is 9.59 Å². The molecular weight excluding hydrogens is 435 g/mol. The third kappa shape index (κ3) is 4.71. The molecule has 0 fully saturated rings. The fraction of sp³-hybridized carbons (Fsp3) is 0.304. The number of halogens is 1. The van der Waals surface area contributed by atoms with E-state index in [0.717, 1.165) is 17.5 Å². The molecule has 0 spiro atoms. The zero-order chi connectivity index (χ0) is 21.8. The first-order valence-corrected chi connectivity index (χ1v) is 11.8. The van der Waals surface area contributed by atoms with Gasteiger partial charge in [-0.25, -0.2) is 4.39 Å². The lowest BCUT2D eigenvalue weighted by atomic mass is 9.93. The number of methoxy groups -OCH3 is 1. The van der Waals surface area contributed by atoms with Crippen LogP contribution < -0.4 is 0 Å². The van der Waals surface area contributed by atoms with Gasteiger partial charge < -0.3 is 14.5 Å². The fourth-order valence-electron chi connectivity index (χ4n) is 3.85. The van der Waals surface area contributed by atoms with Crippen LogP contribution in [-0.2, 0) is 16.0 Å². The Morgan fingerprint density at radius 1 is 1.16 bits per heavy atom. The zero-order valence-electron chi connectivity index (χ0n) is 17.1. The minimum absolute atomic E-state index is 0.0305. The van der Waals surface area contributed by atoms with E-state index in [9.17, 15) is 14.0 Å². The van der Waals surface area contributed by atoms with Crippen molar-refractivity contribution in [2.24, 2.45) is 0 Å². The van der Waals surface area contributed by atoms with Gasteiger partial charge in [-0.2, -0.15) is 0 Å². The van der Waals surface area contributed by atoms with E-state index in [0.29, 0.717) is 24.6 Å². The number of benzene rings is 1. The SMILES string of the molecule is COCCN(CC(=O)N1CCc2sccc2C1c1ccc(F)cc1)C(=O)c1cccs1. The lowest BCUT2D eigenvalue weighted by molar-refractivity contribution is -0.134. The molecule has 4 rings (SSSR count). The number of thiophene rings is 2. The molecule has 1 atom stereocenters. The second kappa shape index (κ2) is 9.72. The number of rotatable bonds is 7. The number of nitrogens with zero attached hydrogens (tertiary/aromatic N) is 2. The Kier molecular flexibility index (Phi) is 6.80. The molecule has 0 saturated carbocycles. The first-order valence-electron chi connectivity index (χ1n) is 10.0. The predicted octanol–water partition coefficient (Wildman–Crippen LogP) is 4.21. The van der Waals surface area contributed by atoms with Crippen molar-refractivity contribution in [2.45, 2.75) is 12.5 Å². The van der Waals surface area contributed by atoms with Crippen molar-refractivity contribution in [3.8, 4) is 0 Å². The molecule has 31 heavy (non-hydrogen) atoms. The Morgan fingerprint density at radius 2 is 1.97 bits per heavy atom. The average molecular weight is 459 g/mol. The summed E-state index contributed by atoms with van der Waals surface area (Å²) < 4.78 is 18.7. The molecule has 0 saturated heterocycles. The standard InChI is InChI=1S/C23H23FN2O3S2/c1-29-12-11-25(23(28)20-3-2-13-30-20)15-21(27)26-10-8-19-18(9-14-31-19)22(26)16-4-6-17(24)7-5-16/h2-7,9,13-14,22H,8,10-12,15H2,1H3. The Hall–Kier alpha value is -2.55. The molecule has 1 aromatic carbocycles. The van der Waals surface area contributed by atoms with Crippen LogP contribution >= 0.6 is 22.7 Å². The van der Waals surface area contributed by atoms with Gasteiger partial charge in [0.05, 0.1) is 17.5 Å². The summed E-state index contributed by atoms with van der Waals surface area (Å²) in [7, 11) is 1.57. The maximum atomic E-state index is 13.5. The maximum Gasteiger partial charge on any atom is 0.264 e. The monoisotopic (exact) mass is 458 g/mol. The van der Waals surface area contributed by atoms with Gasteiger partial charge in [0.2, 0.25) is 5.91 Å². The van der Waals surface area contributed by atoms with Gasteiger partial charge in [0.1, 0.15) is 12.4 Å². The van der Waals surface area contributed by atoms with Crippen molar-refractivity contribution >= 4 is 34.5 Å². The van der Waals surface area contributed by atoms with Gasteiger partial charge in [0.15, 0.2) is 0 Å². The van der Waals surface area contributed by atoms with Crippen molar-refractivity contribution in [1.29, 1.82) is 0 Å². The molecule has 3 aromatic rings. The molecule has 0 bridgehead atoms. The summed E-state index contributed by atoms with van der Waals surface area (Å²) in [5.41, 5.74) is 1.94. The summed E-state index contributed by atoms with van der Waals surface area (Å²) in [6.07, 6.45) is 0.771. The highest BCUT2D eigenvalue weighted by Gasteiger charge is 2.34. The summed E-state index contributed by atoms with van der Waals surface area (Å²) in [5.74, 6) is -0.616. The first-order chi connectivity index (χ1) is 15.1. The summed E-state index contributed by atoms with van der Waals surface area (Å²) in [6.45, 7) is 1.20. The molecule has 2 amide bonds. The van der Waals surface area contributed by atoms with Gasteiger partial charge in [0, 0.05) is 25.1 Å². The molecule has 0 N–H and O–H groups in total. The Labute approximate surface area is 188 Å².